The van der Waals surface area contributed by atoms with Crippen LogP contribution < -0.4 is 24.3 Å². The summed E-state index contributed by atoms with van der Waals surface area (Å²) in [6.07, 6.45) is 3.11. The molecule has 2 aromatic rings. The number of ether oxygens (including phenoxy) is 4. The second-order valence-electron chi connectivity index (χ2n) is 6.64. The lowest BCUT2D eigenvalue weighted by Gasteiger charge is -2.20. The average molecular weight is 388 g/mol. The lowest BCUT2D eigenvalue weighted by atomic mass is 10.0. The Morgan fingerprint density at radius 2 is 1.50 bits per heavy atom. The van der Waals surface area contributed by atoms with Crippen LogP contribution in [0.5, 0.6) is 23.0 Å². The first-order chi connectivity index (χ1) is 13.7. The highest BCUT2D eigenvalue weighted by molar-refractivity contribution is 5.44. The zero-order valence-corrected chi connectivity index (χ0v) is 17.7. The third kappa shape index (κ3) is 5.80. The van der Waals surface area contributed by atoms with Crippen molar-refractivity contribution in [2.24, 2.45) is 0 Å². The maximum absolute atomic E-state index is 5.82. The summed E-state index contributed by atoms with van der Waals surface area (Å²) in [5.41, 5.74) is 2.32. The quantitative estimate of drug-likeness (QED) is 0.512. The molecule has 0 saturated carbocycles. The molecule has 1 N–H and O–H groups in total. The number of rotatable bonds is 12. The van der Waals surface area contributed by atoms with Crippen molar-refractivity contribution >= 4 is 0 Å². The molecule has 0 saturated heterocycles. The summed E-state index contributed by atoms with van der Waals surface area (Å²) in [5.74, 6) is 3.06. The van der Waals surface area contributed by atoms with Gasteiger partial charge >= 0.3 is 0 Å². The van der Waals surface area contributed by atoms with Gasteiger partial charge in [-0.1, -0.05) is 32.4 Å². The second-order valence-corrected chi connectivity index (χ2v) is 6.64. The van der Waals surface area contributed by atoms with Crippen molar-refractivity contribution in [2.45, 2.75) is 45.7 Å². The van der Waals surface area contributed by atoms with Crippen LogP contribution in [0.15, 0.2) is 36.4 Å². The molecule has 154 valence electrons. The molecule has 28 heavy (non-hydrogen) atoms. The Labute approximate surface area is 169 Å². The van der Waals surface area contributed by atoms with Crippen molar-refractivity contribution in [3.63, 3.8) is 0 Å². The Morgan fingerprint density at radius 3 is 2.14 bits per heavy atom. The fourth-order valence-corrected chi connectivity index (χ4v) is 3.08. The normalized spacial score (nSPS) is 11.8. The molecule has 5 nitrogen and oxygen atoms in total. The van der Waals surface area contributed by atoms with E-state index in [0.717, 1.165) is 54.4 Å². The van der Waals surface area contributed by atoms with E-state index in [1.807, 2.05) is 24.3 Å². The van der Waals surface area contributed by atoms with Crippen LogP contribution in [0.2, 0.25) is 0 Å². The number of hydrogen-bond donors (Lipinski definition) is 1. The van der Waals surface area contributed by atoms with E-state index in [4.69, 9.17) is 18.9 Å². The van der Waals surface area contributed by atoms with Crippen molar-refractivity contribution in [1.29, 1.82) is 0 Å². The van der Waals surface area contributed by atoms with Gasteiger partial charge in [0.25, 0.3) is 0 Å². The largest absolute Gasteiger partial charge is 0.493 e. The van der Waals surface area contributed by atoms with Crippen LogP contribution in [0.25, 0.3) is 0 Å². The van der Waals surface area contributed by atoms with Gasteiger partial charge in [-0.2, -0.15) is 0 Å². The predicted molar refractivity (Wildman–Crippen MR) is 113 cm³/mol. The predicted octanol–water partition coefficient (Wildman–Crippen LogP) is 5.13. The van der Waals surface area contributed by atoms with Gasteiger partial charge in [-0.15, -0.1) is 0 Å². The zero-order chi connectivity index (χ0) is 20.4. The lowest BCUT2D eigenvalue weighted by molar-refractivity contribution is 0.288. The Morgan fingerprint density at radius 1 is 0.821 bits per heavy atom. The molecule has 0 unspecified atom stereocenters. The maximum Gasteiger partial charge on any atom is 0.161 e. The first-order valence-corrected chi connectivity index (χ1v) is 9.91. The number of nitrogens with one attached hydrogen (secondary N) is 1. The van der Waals surface area contributed by atoms with Gasteiger partial charge in [-0.25, -0.2) is 0 Å². The van der Waals surface area contributed by atoms with Crippen LogP contribution in [0.1, 0.15) is 50.3 Å². The molecule has 0 bridgehead atoms. The van der Waals surface area contributed by atoms with E-state index >= 15 is 0 Å². The zero-order valence-electron chi connectivity index (χ0n) is 17.7. The Hall–Kier alpha value is -2.40. The molecule has 0 spiro atoms. The molecule has 0 aliphatic rings. The van der Waals surface area contributed by atoms with Crippen LogP contribution in [-0.2, 0) is 6.54 Å². The molecule has 0 aliphatic carbocycles. The van der Waals surface area contributed by atoms with E-state index in [2.05, 4.69) is 31.3 Å². The molecule has 1 atom stereocenters. The highest BCUT2D eigenvalue weighted by Crippen LogP contribution is 2.32. The minimum absolute atomic E-state index is 0.214. The molecule has 0 fully saturated rings. The Kier molecular flexibility index (Phi) is 8.95. The fraction of sp³-hybridized carbons (Fsp3) is 0.478. The monoisotopic (exact) mass is 387 g/mol. The number of benzene rings is 2. The van der Waals surface area contributed by atoms with Gasteiger partial charge in [-0.05, 0) is 48.2 Å². The molecule has 0 aliphatic heterocycles. The summed E-state index contributed by atoms with van der Waals surface area (Å²) >= 11 is 0. The lowest BCUT2D eigenvalue weighted by Crippen LogP contribution is -2.20. The van der Waals surface area contributed by atoms with E-state index in [1.54, 1.807) is 21.3 Å². The van der Waals surface area contributed by atoms with Gasteiger partial charge in [0.2, 0.25) is 0 Å². The van der Waals surface area contributed by atoms with Crippen molar-refractivity contribution in [3.05, 3.63) is 47.5 Å². The van der Waals surface area contributed by atoms with Gasteiger partial charge in [-0.3, -0.25) is 0 Å². The van der Waals surface area contributed by atoms with Crippen molar-refractivity contribution in [1.82, 2.24) is 5.32 Å². The van der Waals surface area contributed by atoms with Crippen LogP contribution in [-0.4, -0.2) is 27.9 Å². The van der Waals surface area contributed by atoms with Crippen LogP contribution in [0.3, 0.4) is 0 Å². The average Bonchev–Trinajstić information content (AvgIpc) is 2.74. The second kappa shape index (κ2) is 11.4. The first kappa shape index (κ1) is 21.9. The van der Waals surface area contributed by atoms with Gasteiger partial charge in [0.15, 0.2) is 23.0 Å². The third-order valence-corrected chi connectivity index (χ3v) is 4.75. The SMILES string of the molecule is CCCCOc1ccc(CN[C@H](CC)c2ccc(OC)c(OC)c2)cc1OC. The first-order valence-electron chi connectivity index (χ1n) is 9.91. The van der Waals surface area contributed by atoms with Gasteiger partial charge in [0.1, 0.15) is 0 Å². The third-order valence-electron chi connectivity index (χ3n) is 4.75. The molecule has 0 heterocycles. The van der Waals surface area contributed by atoms with Gasteiger partial charge in [0.05, 0.1) is 27.9 Å². The fourth-order valence-electron chi connectivity index (χ4n) is 3.08. The molecule has 5 heteroatoms. The highest BCUT2D eigenvalue weighted by atomic mass is 16.5. The maximum atomic E-state index is 5.82. The molecular weight excluding hydrogens is 354 g/mol. The summed E-state index contributed by atoms with van der Waals surface area (Å²) in [6.45, 7) is 5.76. The van der Waals surface area contributed by atoms with Crippen LogP contribution >= 0.6 is 0 Å². The minimum Gasteiger partial charge on any atom is -0.493 e. The summed E-state index contributed by atoms with van der Waals surface area (Å²) in [4.78, 5) is 0. The number of hydrogen-bond acceptors (Lipinski definition) is 5. The van der Waals surface area contributed by atoms with Gasteiger partial charge < -0.3 is 24.3 Å². The van der Waals surface area contributed by atoms with Crippen LogP contribution in [0.4, 0.5) is 0 Å². The van der Waals surface area contributed by atoms with E-state index in [-0.39, 0.29) is 6.04 Å². The summed E-state index contributed by atoms with van der Waals surface area (Å²) < 4.78 is 22.1. The number of unbranched alkanes of at least 4 members (excludes halogenated alkanes) is 1. The molecule has 2 aromatic carbocycles. The van der Waals surface area contributed by atoms with Crippen molar-refractivity contribution in [2.75, 3.05) is 27.9 Å². The van der Waals surface area contributed by atoms with E-state index < -0.39 is 0 Å². The smallest absolute Gasteiger partial charge is 0.161 e. The molecule has 0 radical (unpaired) electrons. The van der Waals surface area contributed by atoms with E-state index in [1.165, 1.54) is 5.56 Å². The molecule has 2 rings (SSSR count). The van der Waals surface area contributed by atoms with Crippen LogP contribution in [0, 0.1) is 0 Å². The standard InChI is InChI=1S/C23H33NO4/c1-6-8-13-28-21-11-9-17(14-22(21)26-4)16-24-19(7-2)18-10-12-20(25-3)23(15-18)27-5/h9-12,14-15,19,24H,6-8,13,16H2,1-5H3/t19-/m1/s1. The Bertz CT molecular complexity index is 733. The van der Waals surface area contributed by atoms with Crippen molar-refractivity contribution in [3.8, 4) is 23.0 Å². The van der Waals surface area contributed by atoms with E-state index in [0.29, 0.717) is 6.61 Å². The highest BCUT2D eigenvalue weighted by Gasteiger charge is 2.13. The topological polar surface area (TPSA) is 49.0 Å². The summed E-state index contributed by atoms with van der Waals surface area (Å²) in [7, 11) is 4.99. The van der Waals surface area contributed by atoms with Gasteiger partial charge in [0, 0.05) is 12.6 Å². The molecular formula is C23H33NO4. The minimum atomic E-state index is 0.214. The van der Waals surface area contributed by atoms with E-state index in [9.17, 15) is 0 Å². The summed E-state index contributed by atoms with van der Waals surface area (Å²) in [6, 6.07) is 12.4. The molecule has 0 amide bonds. The Balaban J connectivity index is 2.06. The number of methoxy groups -OCH3 is 3. The van der Waals surface area contributed by atoms with Crippen molar-refractivity contribution < 1.29 is 18.9 Å². The molecule has 0 aromatic heterocycles. The summed E-state index contributed by atoms with van der Waals surface area (Å²) in [5, 5.41) is 3.62.